The number of carbonyl (C=O) groups is 1. The highest BCUT2D eigenvalue weighted by Crippen LogP contribution is 2.24. The van der Waals surface area contributed by atoms with Gasteiger partial charge in [-0.2, -0.15) is 0 Å². The molecule has 0 unspecified atom stereocenters. The summed E-state index contributed by atoms with van der Waals surface area (Å²) in [6.07, 6.45) is 0.112. The summed E-state index contributed by atoms with van der Waals surface area (Å²) < 4.78 is 4.54. The zero-order valence-electron chi connectivity index (χ0n) is 9.28. The molecule has 82 valence electrons. The smallest absolute Gasteiger partial charge is 0.310 e. The molecule has 0 heterocycles. The van der Waals surface area contributed by atoms with Crippen molar-refractivity contribution in [2.45, 2.75) is 26.2 Å². The molecule has 0 aliphatic heterocycles. The SMILES string of the molecule is COC(=O)Cc1ccc(C(C)C)cc1O. The summed E-state index contributed by atoms with van der Waals surface area (Å²) in [5.41, 5.74) is 1.66. The minimum absolute atomic E-state index is 0.112. The molecule has 0 amide bonds. The average Bonchev–Trinajstić information content (AvgIpc) is 2.20. The third kappa shape index (κ3) is 2.98. The first-order chi connectivity index (χ1) is 7.04. The van der Waals surface area contributed by atoms with E-state index in [4.69, 9.17) is 0 Å². The second-order valence-electron chi connectivity index (χ2n) is 3.80. The van der Waals surface area contributed by atoms with E-state index < -0.39 is 0 Å². The van der Waals surface area contributed by atoms with Gasteiger partial charge < -0.3 is 9.84 Å². The van der Waals surface area contributed by atoms with Gasteiger partial charge in [0, 0.05) is 5.56 Å². The van der Waals surface area contributed by atoms with Crippen LogP contribution in [0.1, 0.15) is 30.9 Å². The van der Waals surface area contributed by atoms with Crippen molar-refractivity contribution in [3.05, 3.63) is 29.3 Å². The molecule has 1 rings (SSSR count). The van der Waals surface area contributed by atoms with Crippen LogP contribution in [-0.4, -0.2) is 18.2 Å². The van der Waals surface area contributed by atoms with Crippen LogP contribution in [0.4, 0.5) is 0 Å². The van der Waals surface area contributed by atoms with Crippen LogP contribution in [0.15, 0.2) is 18.2 Å². The summed E-state index contributed by atoms with van der Waals surface area (Å²) in [6.45, 7) is 4.10. The molecule has 0 saturated carbocycles. The normalized spacial score (nSPS) is 10.4. The fourth-order valence-electron chi connectivity index (χ4n) is 1.32. The summed E-state index contributed by atoms with van der Waals surface area (Å²) in [5.74, 6) is 0.178. The quantitative estimate of drug-likeness (QED) is 0.775. The molecule has 0 aliphatic rings. The Morgan fingerprint density at radius 2 is 2.13 bits per heavy atom. The number of methoxy groups -OCH3 is 1. The molecule has 0 saturated heterocycles. The van der Waals surface area contributed by atoms with E-state index in [0.717, 1.165) is 5.56 Å². The fourth-order valence-corrected chi connectivity index (χ4v) is 1.32. The van der Waals surface area contributed by atoms with Gasteiger partial charge in [0.1, 0.15) is 5.75 Å². The predicted molar refractivity (Wildman–Crippen MR) is 57.9 cm³/mol. The lowest BCUT2D eigenvalue weighted by Gasteiger charge is -2.08. The number of aromatic hydroxyl groups is 1. The van der Waals surface area contributed by atoms with Crippen LogP contribution in [0.25, 0.3) is 0 Å². The highest BCUT2D eigenvalue weighted by Gasteiger charge is 2.09. The van der Waals surface area contributed by atoms with Crippen molar-refractivity contribution < 1.29 is 14.6 Å². The first-order valence-electron chi connectivity index (χ1n) is 4.93. The number of rotatable bonds is 3. The monoisotopic (exact) mass is 208 g/mol. The standard InChI is InChI=1S/C12H16O3/c1-8(2)9-4-5-10(11(13)6-9)7-12(14)15-3/h4-6,8,13H,7H2,1-3H3. The van der Waals surface area contributed by atoms with E-state index in [1.807, 2.05) is 6.07 Å². The highest BCUT2D eigenvalue weighted by molar-refractivity contribution is 5.73. The Labute approximate surface area is 89.7 Å². The molecule has 15 heavy (non-hydrogen) atoms. The van der Waals surface area contributed by atoms with Gasteiger partial charge in [-0.15, -0.1) is 0 Å². The molecule has 0 fully saturated rings. The van der Waals surface area contributed by atoms with E-state index in [-0.39, 0.29) is 18.1 Å². The largest absolute Gasteiger partial charge is 0.508 e. The maximum atomic E-state index is 11.0. The second kappa shape index (κ2) is 4.82. The van der Waals surface area contributed by atoms with Gasteiger partial charge in [0.15, 0.2) is 0 Å². The van der Waals surface area contributed by atoms with Crippen molar-refractivity contribution in [3.63, 3.8) is 0 Å². The van der Waals surface area contributed by atoms with Crippen LogP contribution in [0, 0.1) is 0 Å². The van der Waals surface area contributed by atoms with Crippen LogP contribution in [0.3, 0.4) is 0 Å². The lowest BCUT2D eigenvalue weighted by atomic mass is 10.00. The van der Waals surface area contributed by atoms with Crippen molar-refractivity contribution in [2.24, 2.45) is 0 Å². The Morgan fingerprint density at radius 1 is 1.47 bits per heavy atom. The van der Waals surface area contributed by atoms with Crippen LogP contribution in [-0.2, 0) is 16.0 Å². The summed E-state index contributed by atoms with van der Waals surface area (Å²) >= 11 is 0. The lowest BCUT2D eigenvalue weighted by Crippen LogP contribution is -2.04. The molecule has 1 aromatic carbocycles. The van der Waals surface area contributed by atoms with Gasteiger partial charge in [-0.25, -0.2) is 0 Å². The van der Waals surface area contributed by atoms with Crippen molar-refractivity contribution in [1.29, 1.82) is 0 Å². The third-order valence-corrected chi connectivity index (χ3v) is 2.34. The summed E-state index contributed by atoms with van der Waals surface area (Å²) in [4.78, 5) is 11.0. The van der Waals surface area contributed by atoms with Gasteiger partial charge in [0.05, 0.1) is 13.5 Å². The summed E-state index contributed by atoms with van der Waals surface area (Å²) in [6, 6.07) is 5.38. The Kier molecular flexibility index (Phi) is 3.72. The maximum absolute atomic E-state index is 11.0. The number of carbonyl (C=O) groups excluding carboxylic acids is 1. The van der Waals surface area contributed by atoms with Crippen LogP contribution in [0.5, 0.6) is 5.75 Å². The molecule has 0 atom stereocenters. The van der Waals surface area contributed by atoms with Gasteiger partial charge in [-0.05, 0) is 17.5 Å². The molecule has 0 bridgehead atoms. The molecule has 3 heteroatoms. The Hall–Kier alpha value is -1.51. The maximum Gasteiger partial charge on any atom is 0.310 e. The Morgan fingerprint density at radius 3 is 2.60 bits per heavy atom. The van der Waals surface area contributed by atoms with E-state index in [2.05, 4.69) is 18.6 Å². The molecule has 0 radical (unpaired) electrons. The lowest BCUT2D eigenvalue weighted by molar-refractivity contribution is -0.139. The van der Waals surface area contributed by atoms with Crippen molar-refractivity contribution in [3.8, 4) is 5.75 Å². The number of benzene rings is 1. The predicted octanol–water partition coefficient (Wildman–Crippen LogP) is 2.23. The first kappa shape index (κ1) is 11.6. The Balaban J connectivity index is 2.88. The Bertz CT molecular complexity index is 356. The molecular formula is C12H16O3. The topological polar surface area (TPSA) is 46.5 Å². The second-order valence-corrected chi connectivity index (χ2v) is 3.80. The molecular weight excluding hydrogens is 192 g/mol. The van der Waals surface area contributed by atoms with E-state index in [1.165, 1.54) is 7.11 Å². The summed E-state index contributed by atoms with van der Waals surface area (Å²) in [5, 5.41) is 9.68. The van der Waals surface area contributed by atoms with E-state index >= 15 is 0 Å². The van der Waals surface area contributed by atoms with Gasteiger partial charge in [-0.1, -0.05) is 26.0 Å². The van der Waals surface area contributed by atoms with Gasteiger partial charge in [0.25, 0.3) is 0 Å². The van der Waals surface area contributed by atoms with Crippen molar-refractivity contribution >= 4 is 5.97 Å². The van der Waals surface area contributed by atoms with E-state index in [1.54, 1.807) is 12.1 Å². The number of ether oxygens (including phenoxy) is 1. The first-order valence-corrected chi connectivity index (χ1v) is 4.93. The van der Waals surface area contributed by atoms with Gasteiger partial charge in [-0.3, -0.25) is 4.79 Å². The van der Waals surface area contributed by atoms with Crippen LogP contribution in [0.2, 0.25) is 0 Å². The highest BCUT2D eigenvalue weighted by atomic mass is 16.5. The molecule has 1 N–H and O–H groups in total. The third-order valence-electron chi connectivity index (χ3n) is 2.34. The zero-order chi connectivity index (χ0) is 11.4. The summed E-state index contributed by atoms with van der Waals surface area (Å²) in [7, 11) is 1.34. The van der Waals surface area contributed by atoms with Gasteiger partial charge >= 0.3 is 5.97 Å². The van der Waals surface area contributed by atoms with Crippen molar-refractivity contribution in [1.82, 2.24) is 0 Å². The number of phenolic OH excluding ortho intramolecular Hbond substituents is 1. The van der Waals surface area contributed by atoms with Crippen molar-refractivity contribution in [2.75, 3.05) is 7.11 Å². The van der Waals surface area contributed by atoms with E-state index in [0.29, 0.717) is 11.5 Å². The zero-order valence-corrected chi connectivity index (χ0v) is 9.28. The average molecular weight is 208 g/mol. The molecule has 1 aromatic rings. The van der Waals surface area contributed by atoms with E-state index in [9.17, 15) is 9.90 Å². The number of hydrogen-bond donors (Lipinski definition) is 1. The number of phenols is 1. The van der Waals surface area contributed by atoms with Crippen LogP contribution < -0.4 is 0 Å². The number of hydrogen-bond acceptors (Lipinski definition) is 3. The minimum Gasteiger partial charge on any atom is -0.508 e. The number of esters is 1. The fraction of sp³-hybridized carbons (Fsp3) is 0.417. The minimum atomic E-state index is -0.345. The van der Waals surface area contributed by atoms with Gasteiger partial charge in [0.2, 0.25) is 0 Å². The van der Waals surface area contributed by atoms with Crippen LogP contribution >= 0.6 is 0 Å². The molecule has 0 aromatic heterocycles. The molecule has 3 nitrogen and oxygen atoms in total. The molecule has 0 aliphatic carbocycles. The molecule has 0 spiro atoms.